The van der Waals surface area contributed by atoms with E-state index in [1.54, 1.807) is 12.1 Å². The summed E-state index contributed by atoms with van der Waals surface area (Å²) in [7, 11) is -3.58. The molecule has 2 heterocycles. The summed E-state index contributed by atoms with van der Waals surface area (Å²) in [4.78, 5) is 12.1. The molecule has 1 N–H and O–H groups in total. The number of rotatable bonds is 3. The Labute approximate surface area is 145 Å². The summed E-state index contributed by atoms with van der Waals surface area (Å²) in [6.07, 6.45) is -5.51. The average molecular weight is 391 g/mol. The van der Waals surface area contributed by atoms with Gasteiger partial charge in [0.25, 0.3) is 5.91 Å². The molecule has 10 heteroatoms. The largest absolute Gasteiger partial charge is 0.486 e. The van der Waals surface area contributed by atoms with Crippen LogP contribution in [0.15, 0.2) is 39.9 Å². The molecule has 3 rings (SSSR count). The molecule has 5 nitrogen and oxygen atoms in total. The lowest BCUT2D eigenvalue weighted by Gasteiger charge is -2.26. The van der Waals surface area contributed by atoms with Crippen molar-refractivity contribution < 1.29 is 31.1 Å². The molecule has 1 aliphatic heterocycles. The number of hydrogen-bond donors (Lipinski definition) is 1. The summed E-state index contributed by atoms with van der Waals surface area (Å²) < 4.78 is 68.4. The Hall–Kier alpha value is -2.07. The van der Waals surface area contributed by atoms with Gasteiger partial charge < -0.3 is 10.1 Å². The fourth-order valence-corrected chi connectivity index (χ4v) is 4.85. The van der Waals surface area contributed by atoms with Gasteiger partial charge in [-0.05, 0) is 12.1 Å². The first-order chi connectivity index (χ1) is 11.7. The lowest BCUT2D eigenvalue weighted by Crippen LogP contribution is -2.42. The molecule has 0 saturated carbocycles. The van der Waals surface area contributed by atoms with Crippen LogP contribution in [0.1, 0.15) is 15.9 Å². The Morgan fingerprint density at radius 3 is 2.72 bits per heavy atom. The van der Waals surface area contributed by atoms with Crippen LogP contribution in [0.25, 0.3) is 0 Å². The number of nitrogens with one attached hydrogen (secondary N) is 1. The molecule has 1 amide bonds. The fraction of sp³-hybridized carbons (Fsp3) is 0.267. The third kappa shape index (κ3) is 3.64. The Bertz CT molecular complexity index is 905. The second-order valence-corrected chi connectivity index (χ2v) is 8.12. The van der Waals surface area contributed by atoms with Crippen molar-refractivity contribution in [2.75, 3.05) is 12.3 Å². The first-order valence-corrected chi connectivity index (χ1v) is 9.68. The number of benzene rings is 1. The van der Waals surface area contributed by atoms with E-state index in [-0.39, 0.29) is 22.9 Å². The van der Waals surface area contributed by atoms with Crippen LogP contribution in [0, 0.1) is 0 Å². The number of hydrogen-bond acceptors (Lipinski definition) is 5. The van der Waals surface area contributed by atoms with E-state index >= 15 is 0 Å². The van der Waals surface area contributed by atoms with E-state index < -0.39 is 39.2 Å². The Kier molecular flexibility index (Phi) is 4.50. The van der Waals surface area contributed by atoms with Crippen LogP contribution in [0.2, 0.25) is 0 Å². The van der Waals surface area contributed by atoms with Crippen LogP contribution < -0.4 is 10.1 Å². The first kappa shape index (κ1) is 17.7. The van der Waals surface area contributed by atoms with Crippen molar-refractivity contribution in [2.24, 2.45) is 0 Å². The lowest BCUT2D eigenvalue weighted by atomic mass is 10.2. The summed E-state index contributed by atoms with van der Waals surface area (Å²) >= 11 is 0.765. The third-order valence-electron chi connectivity index (χ3n) is 3.59. The van der Waals surface area contributed by atoms with Gasteiger partial charge in [0.15, 0.2) is 9.84 Å². The van der Waals surface area contributed by atoms with Crippen LogP contribution in [0.5, 0.6) is 5.75 Å². The Balaban J connectivity index is 1.71. The van der Waals surface area contributed by atoms with Gasteiger partial charge in [-0.3, -0.25) is 4.79 Å². The van der Waals surface area contributed by atoms with Crippen LogP contribution in [0.3, 0.4) is 0 Å². The maximum absolute atomic E-state index is 12.8. The minimum Gasteiger partial charge on any atom is -0.486 e. The van der Waals surface area contributed by atoms with E-state index in [0.717, 1.165) is 22.1 Å². The van der Waals surface area contributed by atoms with E-state index in [1.807, 2.05) is 0 Å². The Morgan fingerprint density at radius 1 is 1.28 bits per heavy atom. The molecular weight excluding hydrogens is 379 g/mol. The topological polar surface area (TPSA) is 72.5 Å². The van der Waals surface area contributed by atoms with Gasteiger partial charge in [0.2, 0.25) is 0 Å². The van der Waals surface area contributed by atoms with Crippen LogP contribution in [0.4, 0.5) is 13.2 Å². The van der Waals surface area contributed by atoms with Gasteiger partial charge in [0.1, 0.15) is 16.7 Å². The van der Waals surface area contributed by atoms with E-state index in [1.165, 1.54) is 12.1 Å². The SMILES string of the molecule is O=C(NC[C@H]1CS(=O)(=O)c2ccccc2O1)c1cscc1C(F)(F)F. The molecule has 134 valence electrons. The van der Waals surface area contributed by atoms with Crippen molar-refractivity contribution >= 4 is 27.1 Å². The zero-order valence-corrected chi connectivity index (χ0v) is 14.2. The van der Waals surface area contributed by atoms with Gasteiger partial charge >= 0.3 is 6.18 Å². The second-order valence-electron chi connectivity index (χ2n) is 5.37. The predicted molar refractivity (Wildman–Crippen MR) is 84.6 cm³/mol. The molecule has 1 aromatic heterocycles. The van der Waals surface area contributed by atoms with Crippen molar-refractivity contribution in [3.8, 4) is 5.75 Å². The number of fused-ring (bicyclic) bond motifs is 1. The number of thiophene rings is 1. The summed E-state index contributed by atoms with van der Waals surface area (Å²) in [6, 6.07) is 6.08. The summed E-state index contributed by atoms with van der Waals surface area (Å²) in [5.41, 5.74) is -1.51. The second kappa shape index (κ2) is 6.34. The fourth-order valence-electron chi connectivity index (χ4n) is 2.45. The number of amides is 1. The number of sulfone groups is 1. The molecule has 1 aliphatic rings. The molecule has 0 unspecified atom stereocenters. The highest BCUT2D eigenvalue weighted by Crippen LogP contribution is 2.34. The molecule has 0 radical (unpaired) electrons. The smallest absolute Gasteiger partial charge is 0.417 e. The lowest BCUT2D eigenvalue weighted by molar-refractivity contribution is -0.137. The minimum absolute atomic E-state index is 0.0646. The van der Waals surface area contributed by atoms with Gasteiger partial charge in [-0.2, -0.15) is 24.5 Å². The molecule has 0 fully saturated rings. The van der Waals surface area contributed by atoms with Crippen molar-refractivity contribution in [1.29, 1.82) is 0 Å². The third-order valence-corrected chi connectivity index (χ3v) is 6.15. The predicted octanol–water partition coefficient (Wildman–Crippen LogP) is 2.73. The number of ether oxygens (including phenoxy) is 1. The zero-order valence-electron chi connectivity index (χ0n) is 12.5. The van der Waals surface area contributed by atoms with Gasteiger partial charge in [0, 0.05) is 10.8 Å². The standard InChI is InChI=1S/C15H12F3NO4S2/c16-15(17,18)11-7-24-6-10(11)14(20)19-5-9-8-25(21,22)13-4-2-1-3-12(13)23-9/h1-4,6-7,9H,5,8H2,(H,19,20)/t9-/m0/s1. The average Bonchev–Trinajstić information content (AvgIpc) is 3.02. The van der Waals surface area contributed by atoms with Gasteiger partial charge in [-0.1, -0.05) is 12.1 Å². The summed E-state index contributed by atoms with van der Waals surface area (Å²) in [5, 5.41) is 4.27. The number of para-hydroxylation sites is 1. The van der Waals surface area contributed by atoms with Crippen molar-refractivity contribution in [3.05, 3.63) is 46.2 Å². The van der Waals surface area contributed by atoms with Gasteiger partial charge in [0.05, 0.1) is 23.4 Å². The van der Waals surface area contributed by atoms with E-state index in [2.05, 4.69) is 5.32 Å². The van der Waals surface area contributed by atoms with E-state index in [0.29, 0.717) is 0 Å². The minimum atomic E-state index is -4.63. The maximum atomic E-state index is 12.8. The quantitative estimate of drug-likeness (QED) is 0.873. The normalized spacial score (nSPS) is 18.9. The molecule has 2 aromatic rings. The molecule has 1 atom stereocenters. The monoisotopic (exact) mass is 391 g/mol. The Morgan fingerprint density at radius 2 is 2.00 bits per heavy atom. The number of alkyl halides is 3. The zero-order chi connectivity index (χ0) is 18.2. The molecule has 25 heavy (non-hydrogen) atoms. The van der Waals surface area contributed by atoms with Crippen LogP contribution in [-0.2, 0) is 16.0 Å². The number of carbonyl (C=O) groups excluding carboxylic acids is 1. The highest BCUT2D eigenvalue weighted by atomic mass is 32.2. The highest BCUT2D eigenvalue weighted by molar-refractivity contribution is 7.91. The van der Waals surface area contributed by atoms with Crippen LogP contribution in [-0.4, -0.2) is 32.7 Å². The van der Waals surface area contributed by atoms with Crippen LogP contribution >= 0.6 is 11.3 Å². The molecular formula is C15H12F3NO4S2. The maximum Gasteiger partial charge on any atom is 0.417 e. The van der Waals surface area contributed by atoms with Crippen molar-refractivity contribution in [2.45, 2.75) is 17.2 Å². The van der Waals surface area contributed by atoms with Crippen molar-refractivity contribution in [1.82, 2.24) is 5.32 Å². The number of carbonyl (C=O) groups is 1. The highest BCUT2D eigenvalue weighted by Gasteiger charge is 2.36. The summed E-state index contributed by atoms with van der Waals surface area (Å²) in [6.45, 7) is -0.223. The number of halogens is 3. The van der Waals surface area contributed by atoms with Gasteiger partial charge in [-0.15, -0.1) is 0 Å². The van der Waals surface area contributed by atoms with Gasteiger partial charge in [-0.25, -0.2) is 8.42 Å². The molecule has 1 aromatic carbocycles. The molecule has 0 saturated heterocycles. The first-order valence-electron chi connectivity index (χ1n) is 7.08. The molecule has 0 aliphatic carbocycles. The van der Waals surface area contributed by atoms with E-state index in [4.69, 9.17) is 4.74 Å². The summed E-state index contributed by atoms with van der Waals surface area (Å²) in [5.74, 6) is -1.12. The van der Waals surface area contributed by atoms with Crippen molar-refractivity contribution in [3.63, 3.8) is 0 Å². The van der Waals surface area contributed by atoms with E-state index in [9.17, 15) is 26.4 Å². The molecule has 0 spiro atoms. The molecule has 0 bridgehead atoms.